The average molecular weight is 374 g/mol. The average Bonchev–Trinajstić information content (AvgIpc) is 2.89. The SMILES string of the molecule is Cl.Clc1cnc(SCCCCCN2CCSC2)c(Cl)c1. The molecule has 0 bridgehead atoms. The lowest BCUT2D eigenvalue weighted by atomic mass is 10.2. The fourth-order valence-electron chi connectivity index (χ4n) is 1.92. The molecule has 7 heteroatoms. The monoisotopic (exact) mass is 372 g/mol. The van der Waals surface area contributed by atoms with Crippen LogP contribution >= 0.6 is 59.1 Å². The van der Waals surface area contributed by atoms with Crippen LogP contribution in [0.25, 0.3) is 0 Å². The molecule has 0 saturated carbocycles. The first kappa shape index (κ1) is 18.7. The first-order valence-electron chi connectivity index (χ1n) is 6.49. The second-order valence-corrected chi connectivity index (χ2v) is 7.51. The summed E-state index contributed by atoms with van der Waals surface area (Å²) >= 11 is 15.7. The molecule has 0 spiro atoms. The highest BCUT2D eigenvalue weighted by Crippen LogP contribution is 2.27. The lowest BCUT2D eigenvalue weighted by Gasteiger charge is -2.12. The summed E-state index contributed by atoms with van der Waals surface area (Å²) in [7, 11) is 0. The summed E-state index contributed by atoms with van der Waals surface area (Å²) in [6, 6.07) is 1.75. The summed E-state index contributed by atoms with van der Waals surface area (Å²) in [5.41, 5.74) is 0. The molecule has 0 aromatic carbocycles. The first-order chi connectivity index (χ1) is 9.25. The van der Waals surface area contributed by atoms with Crippen molar-refractivity contribution in [1.29, 1.82) is 0 Å². The third kappa shape index (κ3) is 6.63. The minimum Gasteiger partial charge on any atom is -0.293 e. The Morgan fingerprint density at radius 2 is 2.15 bits per heavy atom. The summed E-state index contributed by atoms with van der Waals surface area (Å²) in [6.45, 7) is 2.52. The second kappa shape index (κ2) is 10.4. The van der Waals surface area contributed by atoms with Crippen LogP contribution in [-0.4, -0.2) is 40.4 Å². The molecule has 1 aromatic heterocycles. The molecule has 1 aliphatic rings. The van der Waals surface area contributed by atoms with Crippen LogP contribution in [0.15, 0.2) is 17.3 Å². The summed E-state index contributed by atoms with van der Waals surface area (Å²) in [5, 5.41) is 2.14. The lowest BCUT2D eigenvalue weighted by Crippen LogP contribution is -2.20. The van der Waals surface area contributed by atoms with Gasteiger partial charge in [0.05, 0.1) is 10.0 Å². The van der Waals surface area contributed by atoms with E-state index in [2.05, 4.69) is 9.88 Å². The number of aromatic nitrogens is 1. The van der Waals surface area contributed by atoms with E-state index in [9.17, 15) is 0 Å². The summed E-state index contributed by atoms with van der Waals surface area (Å²) in [6.07, 6.45) is 5.44. The van der Waals surface area contributed by atoms with Crippen molar-refractivity contribution in [3.8, 4) is 0 Å². The van der Waals surface area contributed by atoms with Crippen LogP contribution in [0.4, 0.5) is 0 Å². The van der Waals surface area contributed by atoms with Crippen molar-refractivity contribution in [2.75, 3.05) is 30.5 Å². The van der Waals surface area contributed by atoms with Crippen LogP contribution in [0.3, 0.4) is 0 Å². The Morgan fingerprint density at radius 1 is 1.30 bits per heavy atom. The predicted molar refractivity (Wildman–Crippen MR) is 95.0 cm³/mol. The number of rotatable bonds is 7. The van der Waals surface area contributed by atoms with E-state index in [0.717, 1.165) is 10.8 Å². The Balaban J connectivity index is 0.00000200. The van der Waals surface area contributed by atoms with Crippen LogP contribution in [0.2, 0.25) is 10.0 Å². The molecule has 0 radical (unpaired) electrons. The van der Waals surface area contributed by atoms with E-state index >= 15 is 0 Å². The summed E-state index contributed by atoms with van der Waals surface area (Å²) < 4.78 is 0. The molecule has 0 amide bonds. The Bertz CT molecular complexity index is 401. The minimum atomic E-state index is 0. The number of thioether (sulfide) groups is 2. The van der Waals surface area contributed by atoms with E-state index in [1.165, 1.54) is 44.0 Å². The van der Waals surface area contributed by atoms with Gasteiger partial charge in [-0.1, -0.05) is 29.6 Å². The highest BCUT2D eigenvalue weighted by atomic mass is 35.5. The van der Waals surface area contributed by atoms with Crippen molar-refractivity contribution in [1.82, 2.24) is 9.88 Å². The van der Waals surface area contributed by atoms with E-state index in [4.69, 9.17) is 23.2 Å². The highest BCUT2D eigenvalue weighted by Gasteiger charge is 2.10. The molecule has 114 valence electrons. The number of nitrogens with zero attached hydrogens (tertiary/aromatic N) is 2. The van der Waals surface area contributed by atoms with Gasteiger partial charge in [0.2, 0.25) is 0 Å². The third-order valence-electron chi connectivity index (χ3n) is 2.96. The molecule has 1 aliphatic heterocycles. The van der Waals surface area contributed by atoms with Gasteiger partial charge in [-0.3, -0.25) is 4.90 Å². The molecule has 1 saturated heterocycles. The number of hydrogen-bond acceptors (Lipinski definition) is 4. The number of halogens is 3. The zero-order valence-corrected chi connectivity index (χ0v) is 15.1. The van der Waals surface area contributed by atoms with E-state index in [0.29, 0.717) is 10.0 Å². The van der Waals surface area contributed by atoms with Crippen molar-refractivity contribution < 1.29 is 0 Å². The highest BCUT2D eigenvalue weighted by molar-refractivity contribution is 7.99. The number of hydrogen-bond donors (Lipinski definition) is 0. The molecule has 1 aromatic rings. The van der Waals surface area contributed by atoms with Gasteiger partial charge >= 0.3 is 0 Å². The van der Waals surface area contributed by atoms with E-state index in [-0.39, 0.29) is 12.4 Å². The Hall–Kier alpha value is 0.680. The van der Waals surface area contributed by atoms with Gasteiger partial charge in [-0.2, -0.15) is 0 Å². The fourth-order valence-corrected chi connectivity index (χ4v) is 4.36. The molecule has 2 heterocycles. The molecule has 1 fully saturated rings. The van der Waals surface area contributed by atoms with E-state index in [1.807, 2.05) is 11.8 Å². The van der Waals surface area contributed by atoms with E-state index in [1.54, 1.807) is 24.0 Å². The van der Waals surface area contributed by atoms with Crippen LogP contribution in [0, 0.1) is 0 Å². The van der Waals surface area contributed by atoms with Gasteiger partial charge in [-0.05, 0) is 31.2 Å². The van der Waals surface area contributed by atoms with Gasteiger partial charge in [0.25, 0.3) is 0 Å². The molecule has 0 N–H and O–H groups in total. The largest absolute Gasteiger partial charge is 0.293 e. The van der Waals surface area contributed by atoms with Crippen LogP contribution in [-0.2, 0) is 0 Å². The van der Waals surface area contributed by atoms with Crippen molar-refractivity contribution in [3.05, 3.63) is 22.3 Å². The van der Waals surface area contributed by atoms with Gasteiger partial charge in [0, 0.05) is 24.4 Å². The summed E-state index contributed by atoms with van der Waals surface area (Å²) in [4.78, 5) is 6.78. The molecule has 0 aliphatic carbocycles. The Kier molecular flexibility index (Phi) is 9.75. The van der Waals surface area contributed by atoms with Gasteiger partial charge in [0.15, 0.2) is 0 Å². The predicted octanol–water partition coefficient (Wildman–Crippen LogP) is 5.08. The topological polar surface area (TPSA) is 16.1 Å². The van der Waals surface area contributed by atoms with Gasteiger partial charge < -0.3 is 0 Å². The molecular formula is C13H19Cl3N2S2. The quantitative estimate of drug-likeness (QED) is 0.489. The molecule has 0 unspecified atom stereocenters. The smallest absolute Gasteiger partial charge is 0.115 e. The van der Waals surface area contributed by atoms with Crippen LogP contribution < -0.4 is 0 Å². The maximum absolute atomic E-state index is 6.08. The van der Waals surface area contributed by atoms with Crippen LogP contribution in [0.5, 0.6) is 0 Å². The van der Waals surface area contributed by atoms with Crippen LogP contribution in [0.1, 0.15) is 19.3 Å². The van der Waals surface area contributed by atoms with Gasteiger partial charge in [-0.25, -0.2) is 4.98 Å². The summed E-state index contributed by atoms with van der Waals surface area (Å²) in [5.74, 6) is 3.60. The molecule has 2 rings (SSSR count). The standard InChI is InChI=1S/C13H18Cl2N2S2.ClH/c14-11-8-12(15)13(16-9-11)19-6-3-1-2-4-17-5-7-18-10-17;/h8-9H,1-7,10H2;1H. The van der Waals surface area contributed by atoms with Crippen molar-refractivity contribution in [3.63, 3.8) is 0 Å². The van der Waals surface area contributed by atoms with Crippen molar-refractivity contribution in [2.24, 2.45) is 0 Å². The minimum absolute atomic E-state index is 0. The molecular weight excluding hydrogens is 355 g/mol. The van der Waals surface area contributed by atoms with Gasteiger partial charge in [-0.15, -0.1) is 35.9 Å². The second-order valence-electron chi connectivity index (χ2n) is 4.51. The number of unbranched alkanes of at least 4 members (excludes halogenated alkanes) is 2. The Labute approximate surface area is 145 Å². The van der Waals surface area contributed by atoms with Gasteiger partial charge in [0.1, 0.15) is 5.03 Å². The fraction of sp³-hybridized carbons (Fsp3) is 0.615. The third-order valence-corrected chi connectivity index (χ3v) is 5.67. The zero-order valence-electron chi connectivity index (χ0n) is 11.2. The normalized spacial score (nSPS) is 15.3. The first-order valence-corrected chi connectivity index (χ1v) is 9.39. The lowest BCUT2D eigenvalue weighted by molar-refractivity contribution is 0.346. The molecule has 2 nitrogen and oxygen atoms in total. The maximum Gasteiger partial charge on any atom is 0.115 e. The Morgan fingerprint density at radius 3 is 2.85 bits per heavy atom. The van der Waals surface area contributed by atoms with Crippen molar-refractivity contribution in [2.45, 2.75) is 24.3 Å². The number of pyridine rings is 1. The van der Waals surface area contributed by atoms with Crippen molar-refractivity contribution >= 4 is 59.1 Å². The molecule has 20 heavy (non-hydrogen) atoms. The molecule has 0 atom stereocenters. The van der Waals surface area contributed by atoms with E-state index < -0.39 is 0 Å². The maximum atomic E-state index is 6.08. The zero-order chi connectivity index (χ0) is 13.5.